The SMILES string of the molecule is COc1ccc(CCNC(=O)/C=C/c2coc3ccccc3c2=O)cc1OC. The number of hydrogen-bond acceptors (Lipinski definition) is 5. The molecule has 1 N–H and O–H groups in total. The summed E-state index contributed by atoms with van der Waals surface area (Å²) in [7, 11) is 3.16. The van der Waals surface area contributed by atoms with Crippen molar-refractivity contribution in [2.75, 3.05) is 20.8 Å². The van der Waals surface area contributed by atoms with Crippen molar-refractivity contribution < 1.29 is 18.7 Å². The summed E-state index contributed by atoms with van der Waals surface area (Å²) in [4.78, 5) is 24.4. The molecule has 3 rings (SSSR count). The maximum Gasteiger partial charge on any atom is 0.244 e. The molecule has 0 bridgehead atoms. The van der Waals surface area contributed by atoms with Crippen molar-refractivity contribution in [3.8, 4) is 11.5 Å². The normalized spacial score (nSPS) is 10.9. The number of ether oxygens (including phenoxy) is 2. The van der Waals surface area contributed by atoms with Gasteiger partial charge in [0.25, 0.3) is 0 Å². The number of rotatable bonds is 7. The molecule has 0 unspecified atom stereocenters. The lowest BCUT2D eigenvalue weighted by Crippen LogP contribution is -2.23. The zero-order valence-electron chi connectivity index (χ0n) is 15.7. The van der Waals surface area contributed by atoms with Crippen LogP contribution in [-0.4, -0.2) is 26.7 Å². The Kier molecular flexibility index (Phi) is 6.11. The molecule has 0 saturated carbocycles. The molecular weight excluding hydrogens is 358 g/mol. The highest BCUT2D eigenvalue weighted by Crippen LogP contribution is 2.27. The van der Waals surface area contributed by atoms with Gasteiger partial charge in [-0.25, -0.2) is 0 Å². The Balaban J connectivity index is 1.59. The zero-order valence-corrected chi connectivity index (χ0v) is 15.7. The Hall–Kier alpha value is -3.54. The van der Waals surface area contributed by atoms with Gasteiger partial charge in [0.05, 0.1) is 25.2 Å². The molecule has 0 aliphatic heterocycles. The third kappa shape index (κ3) is 4.40. The zero-order chi connectivity index (χ0) is 19.9. The number of amides is 1. The van der Waals surface area contributed by atoms with E-state index in [0.717, 1.165) is 5.56 Å². The van der Waals surface area contributed by atoms with Crippen LogP contribution in [0.15, 0.2) is 64.0 Å². The number of nitrogens with one attached hydrogen (secondary N) is 1. The molecular formula is C22H21NO5. The van der Waals surface area contributed by atoms with Gasteiger partial charge < -0.3 is 19.2 Å². The van der Waals surface area contributed by atoms with Gasteiger partial charge in [-0.05, 0) is 42.3 Å². The maximum atomic E-state index is 12.4. The molecule has 0 spiro atoms. The van der Waals surface area contributed by atoms with E-state index in [2.05, 4.69) is 5.32 Å². The highest BCUT2D eigenvalue weighted by molar-refractivity contribution is 5.92. The van der Waals surface area contributed by atoms with Crippen molar-refractivity contribution in [3.63, 3.8) is 0 Å². The predicted octanol–water partition coefficient (Wildman–Crippen LogP) is 3.18. The number of carbonyl (C=O) groups is 1. The summed E-state index contributed by atoms with van der Waals surface area (Å²) in [6, 6.07) is 12.6. The van der Waals surface area contributed by atoms with Crippen LogP contribution in [-0.2, 0) is 11.2 Å². The van der Waals surface area contributed by atoms with Crippen molar-refractivity contribution in [3.05, 3.63) is 76.2 Å². The molecule has 0 saturated heterocycles. The summed E-state index contributed by atoms with van der Waals surface area (Å²) in [6.07, 6.45) is 4.79. The second kappa shape index (κ2) is 8.90. The molecule has 0 fully saturated rings. The molecule has 0 aliphatic carbocycles. The first-order valence-electron chi connectivity index (χ1n) is 8.79. The summed E-state index contributed by atoms with van der Waals surface area (Å²) in [6.45, 7) is 0.449. The van der Waals surface area contributed by atoms with Gasteiger partial charge >= 0.3 is 0 Å². The van der Waals surface area contributed by atoms with Crippen LogP contribution in [0.5, 0.6) is 11.5 Å². The Bertz CT molecular complexity index is 1070. The third-order valence-corrected chi connectivity index (χ3v) is 4.28. The first-order chi connectivity index (χ1) is 13.6. The standard InChI is InChI=1S/C22H21NO5/c1-26-19-9-7-15(13-20(19)27-2)11-12-23-21(24)10-8-16-14-28-18-6-4-3-5-17(18)22(16)25/h3-10,13-14H,11-12H2,1-2H3,(H,23,24)/b10-8+. The van der Waals surface area contributed by atoms with Gasteiger partial charge in [-0.15, -0.1) is 0 Å². The number of benzene rings is 2. The van der Waals surface area contributed by atoms with Crippen LogP contribution < -0.4 is 20.2 Å². The minimum atomic E-state index is -0.284. The Morgan fingerprint density at radius 3 is 2.68 bits per heavy atom. The fourth-order valence-corrected chi connectivity index (χ4v) is 2.80. The van der Waals surface area contributed by atoms with Gasteiger partial charge in [0.1, 0.15) is 11.8 Å². The van der Waals surface area contributed by atoms with E-state index >= 15 is 0 Å². The second-order valence-corrected chi connectivity index (χ2v) is 6.08. The van der Waals surface area contributed by atoms with E-state index in [0.29, 0.717) is 41.0 Å². The van der Waals surface area contributed by atoms with Crippen molar-refractivity contribution in [1.82, 2.24) is 5.32 Å². The average molecular weight is 379 g/mol. The smallest absolute Gasteiger partial charge is 0.244 e. The molecule has 0 radical (unpaired) electrons. The first-order valence-corrected chi connectivity index (χ1v) is 8.79. The number of fused-ring (bicyclic) bond motifs is 1. The van der Waals surface area contributed by atoms with E-state index in [-0.39, 0.29) is 11.3 Å². The van der Waals surface area contributed by atoms with E-state index in [4.69, 9.17) is 13.9 Å². The lowest BCUT2D eigenvalue weighted by atomic mass is 10.1. The molecule has 1 aromatic heterocycles. The lowest BCUT2D eigenvalue weighted by molar-refractivity contribution is -0.116. The second-order valence-electron chi connectivity index (χ2n) is 6.08. The van der Waals surface area contributed by atoms with Crippen LogP contribution in [0.2, 0.25) is 0 Å². The van der Waals surface area contributed by atoms with Gasteiger partial charge in [0.2, 0.25) is 5.91 Å². The number of hydrogen-bond donors (Lipinski definition) is 1. The van der Waals surface area contributed by atoms with E-state index < -0.39 is 0 Å². The predicted molar refractivity (Wildman–Crippen MR) is 108 cm³/mol. The number of para-hydroxylation sites is 1. The molecule has 6 heteroatoms. The van der Waals surface area contributed by atoms with Crippen molar-refractivity contribution in [2.24, 2.45) is 0 Å². The van der Waals surface area contributed by atoms with Gasteiger partial charge in [0.15, 0.2) is 16.9 Å². The van der Waals surface area contributed by atoms with Crippen LogP contribution in [0, 0.1) is 0 Å². The molecule has 2 aromatic carbocycles. The molecule has 1 amide bonds. The molecule has 144 valence electrons. The topological polar surface area (TPSA) is 77.8 Å². The highest BCUT2D eigenvalue weighted by Gasteiger charge is 2.06. The average Bonchev–Trinajstić information content (AvgIpc) is 2.73. The van der Waals surface area contributed by atoms with Gasteiger partial charge in [0, 0.05) is 12.6 Å². The monoisotopic (exact) mass is 379 g/mol. The number of methoxy groups -OCH3 is 2. The summed E-state index contributed by atoms with van der Waals surface area (Å²) in [5.74, 6) is 1.02. The van der Waals surface area contributed by atoms with E-state index in [1.54, 1.807) is 38.5 Å². The van der Waals surface area contributed by atoms with Crippen LogP contribution in [0.1, 0.15) is 11.1 Å². The van der Waals surface area contributed by atoms with Gasteiger partial charge in [-0.3, -0.25) is 9.59 Å². The quantitative estimate of drug-likeness (QED) is 0.638. The Labute approximate surface area is 162 Å². The summed E-state index contributed by atoms with van der Waals surface area (Å²) >= 11 is 0. The van der Waals surface area contributed by atoms with Crippen LogP contribution >= 0.6 is 0 Å². The minimum Gasteiger partial charge on any atom is -0.493 e. The Morgan fingerprint density at radius 1 is 1.11 bits per heavy atom. The highest BCUT2D eigenvalue weighted by atomic mass is 16.5. The first kappa shape index (κ1) is 19.2. The van der Waals surface area contributed by atoms with Crippen molar-refractivity contribution in [2.45, 2.75) is 6.42 Å². The summed E-state index contributed by atoms with van der Waals surface area (Å²) in [5.41, 5.74) is 1.69. The molecule has 0 aliphatic rings. The van der Waals surface area contributed by atoms with E-state index in [1.807, 2.05) is 18.2 Å². The Morgan fingerprint density at radius 2 is 1.89 bits per heavy atom. The van der Waals surface area contributed by atoms with E-state index in [1.165, 1.54) is 18.4 Å². The van der Waals surface area contributed by atoms with Crippen molar-refractivity contribution in [1.29, 1.82) is 0 Å². The molecule has 6 nitrogen and oxygen atoms in total. The largest absolute Gasteiger partial charge is 0.493 e. The summed E-state index contributed by atoms with van der Waals surface area (Å²) < 4.78 is 15.9. The fourth-order valence-electron chi connectivity index (χ4n) is 2.80. The van der Waals surface area contributed by atoms with Gasteiger partial charge in [-0.1, -0.05) is 18.2 Å². The van der Waals surface area contributed by atoms with Crippen molar-refractivity contribution >= 4 is 23.0 Å². The minimum absolute atomic E-state index is 0.170. The number of carbonyl (C=O) groups excluding carboxylic acids is 1. The molecule has 0 atom stereocenters. The van der Waals surface area contributed by atoms with Crippen LogP contribution in [0.25, 0.3) is 17.0 Å². The van der Waals surface area contributed by atoms with Crippen LogP contribution in [0.4, 0.5) is 0 Å². The molecule has 3 aromatic rings. The molecule has 28 heavy (non-hydrogen) atoms. The third-order valence-electron chi connectivity index (χ3n) is 4.28. The summed E-state index contributed by atoms with van der Waals surface area (Å²) in [5, 5.41) is 3.28. The maximum absolute atomic E-state index is 12.4. The van der Waals surface area contributed by atoms with Crippen LogP contribution in [0.3, 0.4) is 0 Å². The van der Waals surface area contributed by atoms with E-state index in [9.17, 15) is 9.59 Å². The lowest BCUT2D eigenvalue weighted by Gasteiger charge is -2.09. The fraction of sp³-hybridized carbons (Fsp3) is 0.182. The van der Waals surface area contributed by atoms with Gasteiger partial charge in [-0.2, -0.15) is 0 Å². The molecule has 1 heterocycles.